The lowest BCUT2D eigenvalue weighted by molar-refractivity contribution is -0.672. The van der Waals surface area contributed by atoms with Crippen LogP contribution in [0.3, 0.4) is 0 Å². The lowest BCUT2D eigenvalue weighted by Gasteiger charge is -1.94. The molecule has 0 saturated carbocycles. The average molecular weight is 199 g/mol. The molecule has 0 unspecified atom stereocenters. The molecule has 0 spiro atoms. The molecule has 76 valence electrons. The lowest BCUT2D eigenvalue weighted by Crippen LogP contribution is -2.32. The summed E-state index contributed by atoms with van der Waals surface area (Å²) < 4.78 is 3.35. The highest BCUT2D eigenvalue weighted by Gasteiger charge is 2.13. The molecule has 0 radical (unpaired) electrons. The number of nitro groups is 1. The molecule has 7 nitrogen and oxygen atoms in total. The number of hydrogen-bond acceptors (Lipinski definition) is 4. The zero-order valence-corrected chi connectivity index (χ0v) is 7.70. The van der Waals surface area contributed by atoms with Crippen LogP contribution in [0.1, 0.15) is 5.82 Å². The van der Waals surface area contributed by atoms with Gasteiger partial charge >= 0.3 is 5.82 Å². The Hall–Kier alpha value is -1.92. The molecule has 1 aromatic rings. The van der Waals surface area contributed by atoms with Crippen molar-refractivity contribution in [3.63, 3.8) is 0 Å². The Morgan fingerprint density at radius 3 is 3.14 bits per heavy atom. The monoisotopic (exact) mass is 199 g/mol. The second-order valence-corrected chi connectivity index (χ2v) is 2.76. The van der Waals surface area contributed by atoms with E-state index in [1.807, 2.05) is 0 Å². The van der Waals surface area contributed by atoms with Crippen LogP contribution in [0.15, 0.2) is 17.5 Å². The normalized spacial score (nSPS) is 10.9. The van der Waals surface area contributed by atoms with Gasteiger partial charge in [-0.3, -0.25) is 10.1 Å². The number of rotatable bonds is 4. The Morgan fingerprint density at radius 2 is 2.57 bits per heavy atom. The molecule has 0 aliphatic carbocycles. The van der Waals surface area contributed by atoms with E-state index in [0.717, 1.165) is 0 Å². The van der Waals surface area contributed by atoms with Crippen LogP contribution in [0.25, 0.3) is 0 Å². The minimum Gasteiger partial charge on any atom is -0.411 e. The Bertz CT molecular complexity index is 358. The molecule has 14 heavy (non-hydrogen) atoms. The third-order valence-electron chi connectivity index (χ3n) is 1.82. The number of nitrogens with zero attached hydrogens (tertiary/aromatic N) is 4. The second kappa shape index (κ2) is 4.35. The molecule has 7 heteroatoms. The molecular weight excluding hydrogens is 188 g/mol. The van der Waals surface area contributed by atoms with Gasteiger partial charge in [0, 0.05) is 4.92 Å². The molecule has 0 amide bonds. The van der Waals surface area contributed by atoms with Gasteiger partial charge in [-0.1, -0.05) is 5.16 Å². The molecule has 0 aliphatic heterocycles. The van der Waals surface area contributed by atoms with Gasteiger partial charge in [0.15, 0.2) is 12.8 Å². The molecular formula is C7H11N4O3+. The van der Waals surface area contributed by atoms with Gasteiger partial charge in [0.05, 0.1) is 7.05 Å². The zero-order valence-electron chi connectivity index (χ0n) is 7.70. The topological polar surface area (TPSA) is 84.5 Å². The van der Waals surface area contributed by atoms with Gasteiger partial charge < -0.3 is 5.21 Å². The van der Waals surface area contributed by atoms with Crippen molar-refractivity contribution in [2.45, 2.75) is 6.54 Å². The van der Waals surface area contributed by atoms with Crippen LogP contribution in [-0.2, 0) is 13.6 Å². The maximum absolute atomic E-state index is 10.2. The summed E-state index contributed by atoms with van der Waals surface area (Å²) in [5, 5.41) is 21.4. The minimum atomic E-state index is -0.389. The first-order valence-corrected chi connectivity index (χ1v) is 3.99. The summed E-state index contributed by atoms with van der Waals surface area (Å²) in [6, 6.07) is 0. The molecule has 0 fully saturated rings. The van der Waals surface area contributed by atoms with Crippen molar-refractivity contribution in [1.82, 2.24) is 4.57 Å². The number of aromatic nitrogens is 2. The Labute approximate surface area is 80.0 Å². The van der Waals surface area contributed by atoms with Crippen molar-refractivity contribution in [1.29, 1.82) is 0 Å². The van der Waals surface area contributed by atoms with Crippen molar-refractivity contribution < 1.29 is 14.7 Å². The van der Waals surface area contributed by atoms with Crippen LogP contribution < -0.4 is 4.57 Å². The second-order valence-electron chi connectivity index (χ2n) is 2.76. The van der Waals surface area contributed by atoms with Crippen molar-refractivity contribution in [3.8, 4) is 0 Å². The molecule has 0 aromatic carbocycles. The van der Waals surface area contributed by atoms with Gasteiger partial charge in [0.1, 0.15) is 12.4 Å². The fourth-order valence-corrected chi connectivity index (χ4v) is 1.13. The summed E-state index contributed by atoms with van der Waals surface area (Å²) in [6.45, 7) is 0.107. The third kappa shape index (κ3) is 2.28. The quantitative estimate of drug-likeness (QED) is 0.231. The van der Waals surface area contributed by atoms with Gasteiger partial charge in [-0.2, -0.15) is 0 Å². The predicted octanol–water partition coefficient (Wildman–Crippen LogP) is -0.603. The van der Waals surface area contributed by atoms with E-state index in [1.165, 1.54) is 6.21 Å². The fraction of sp³-hybridized carbons (Fsp3) is 0.429. The standard InChI is InChI=1S/C7H10N4O3/c1-9-2-3-10(4-5-11(13)14)7(9)6-8-12/h2-3,6H,4-5H2,1H3/p+1. The Morgan fingerprint density at radius 1 is 1.86 bits per heavy atom. The van der Waals surface area contributed by atoms with E-state index in [0.29, 0.717) is 5.82 Å². The van der Waals surface area contributed by atoms with Gasteiger partial charge in [0.25, 0.3) is 0 Å². The summed E-state index contributed by atoms with van der Waals surface area (Å²) in [5.74, 6) is 0.606. The van der Waals surface area contributed by atoms with E-state index in [9.17, 15) is 10.1 Å². The highest BCUT2D eigenvalue weighted by Crippen LogP contribution is 1.92. The summed E-state index contributed by atoms with van der Waals surface area (Å²) in [5.41, 5.74) is 0. The number of oxime groups is 1. The van der Waals surface area contributed by atoms with E-state index in [1.54, 1.807) is 28.6 Å². The van der Waals surface area contributed by atoms with E-state index in [-0.39, 0.29) is 18.0 Å². The lowest BCUT2D eigenvalue weighted by atomic mass is 10.5. The molecule has 0 bridgehead atoms. The molecule has 0 atom stereocenters. The Balaban J connectivity index is 2.80. The number of imidazole rings is 1. The first-order chi connectivity index (χ1) is 6.65. The van der Waals surface area contributed by atoms with E-state index in [4.69, 9.17) is 5.21 Å². The van der Waals surface area contributed by atoms with E-state index in [2.05, 4.69) is 5.16 Å². The molecule has 0 saturated heterocycles. The predicted molar refractivity (Wildman–Crippen MR) is 46.8 cm³/mol. The summed E-state index contributed by atoms with van der Waals surface area (Å²) in [4.78, 5) is 9.76. The molecule has 0 aliphatic rings. The Kier molecular flexibility index (Phi) is 3.16. The third-order valence-corrected chi connectivity index (χ3v) is 1.82. The molecule has 1 rings (SSSR count). The van der Waals surface area contributed by atoms with Crippen LogP contribution >= 0.6 is 0 Å². The van der Waals surface area contributed by atoms with Crippen LogP contribution in [0.5, 0.6) is 0 Å². The summed E-state index contributed by atoms with van der Waals surface area (Å²) in [6.07, 6.45) is 4.66. The van der Waals surface area contributed by atoms with Crippen molar-refractivity contribution in [3.05, 3.63) is 28.3 Å². The number of aryl methyl sites for hydroxylation is 1. The van der Waals surface area contributed by atoms with Crippen molar-refractivity contribution in [2.75, 3.05) is 6.54 Å². The van der Waals surface area contributed by atoms with Gasteiger partial charge in [0.2, 0.25) is 6.54 Å². The SMILES string of the molecule is C[n+]1ccn(CC[N+](=O)[O-])c1/C=N/O. The zero-order chi connectivity index (χ0) is 10.6. The van der Waals surface area contributed by atoms with Gasteiger partial charge in [-0.25, -0.2) is 9.13 Å². The highest BCUT2D eigenvalue weighted by molar-refractivity contribution is 5.72. The maximum Gasteiger partial charge on any atom is 0.303 e. The average Bonchev–Trinajstić information content (AvgIpc) is 2.46. The first kappa shape index (κ1) is 10.2. The van der Waals surface area contributed by atoms with Crippen LogP contribution in [0.2, 0.25) is 0 Å². The van der Waals surface area contributed by atoms with Crippen molar-refractivity contribution in [2.24, 2.45) is 12.2 Å². The fourth-order valence-electron chi connectivity index (χ4n) is 1.13. The van der Waals surface area contributed by atoms with E-state index < -0.39 is 0 Å². The molecule has 1 N–H and O–H groups in total. The first-order valence-electron chi connectivity index (χ1n) is 3.99. The summed E-state index contributed by atoms with van der Waals surface area (Å²) >= 11 is 0. The maximum atomic E-state index is 10.2. The summed E-state index contributed by atoms with van der Waals surface area (Å²) in [7, 11) is 1.76. The number of hydrogen-bond donors (Lipinski definition) is 1. The van der Waals surface area contributed by atoms with Gasteiger partial charge in [-0.15, -0.1) is 0 Å². The van der Waals surface area contributed by atoms with Crippen LogP contribution in [0, 0.1) is 10.1 Å². The molecule has 1 heterocycles. The van der Waals surface area contributed by atoms with Crippen LogP contribution in [-0.4, -0.2) is 27.5 Å². The van der Waals surface area contributed by atoms with Gasteiger partial charge in [-0.05, 0) is 0 Å². The smallest absolute Gasteiger partial charge is 0.303 e. The van der Waals surface area contributed by atoms with Crippen LogP contribution in [0.4, 0.5) is 0 Å². The molecule has 1 aromatic heterocycles. The minimum absolute atomic E-state index is 0.152. The highest BCUT2D eigenvalue weighted by atomic mass is 16.6. The van der Waals surface area contributed by atoms with E-state index >= 15 is 0 Å². The largest absolute Gasteiger partial charge is 0.411 e. The van der Waals surface area contributed by atoms with Crippen molar-refractivity contribution >= 4 is 6.21 Å².